The molecule has 3 nitrogen and oxygen atoms in total. The van der Waals surface area contributed by atoms with Crippen LogP contribution in [0.3, 0.4) is 0 Å². The van der Waals surface area contributed by atoms with Gasteiger partial charge < -0.3 is 9.47 Å². The van der Waals surface area contributed by atoms with E-state index in [0.29, 0.717) is 18.6 Å². The SMILES string of the molecule is CCCCC/C=C\C[C@H]1O[C@@H]1C/C=C\C/C=C\CCCC(=O)OC. The molecule has 1 heterocycles. The van der Waals surface area contributed by atoms with Crippen LogP contribution in [0.25, 0.3) is 0 Å². The Kier molecular flexibility index (Phi) is 12.1. The molecule has 0 aromatic heterocycles. The van der Waals surface area contributed by atoms with Crippen LogP contribution in [0.5, 0.6) is 0 Å². The molecular weight excluding hydrogens is 300 g/mol. The third-order valence-corrected chi connectivity index (χ3v) is 4.15. The van der Waals surface area contributed by atoms with Crippen LogP contribution in [0, 0.1) is 0 Å². The minimum atomic E-state index is -0.127. The lowest BCUT2D eigenvalue weighted by Crippen LogP contribution is -1.98. The molecule has 1 fully saturated rings. The van der Waals surface area contributed by atoms with Gasteiger partial charge in [0.1, 0.15) is 0 Å². The Balaban J connectivity index is 1.92. The Bertz CT molecular complexity index is 409. The zero-order chi connectivity index (χ0) is 17.5. The summed E-state index contributed by atoms with van der Waals surface area (Å²) in [5.74, 6) is -0.127. The minimum Gasteiger partial charge on any atom is -0.469 e. The quantitative estimate of drug-likeness (QED) is 0.182. The molecule has 2 atom stereocenters. The first-order chi connectivity index (χ1) is 11.8. The first-order valence-electron chi connectivity index (χ1n) is 9.45. The van der Waals surface area contributed by atoms with E-state index in [1.807, 2.05) is 0 Å². The van der Waals surface area contributed by atoms with Crippen molar-refractivity contribution in [2.24, 2.45) is 0 Å². The number of rotatable bonds is 14. The summed E-state index contributed by atoms with van der Waals surface area (Å²) < 4.78 is 10.3. The zero-order valence-electron chi connectivity index (χ0n) is 15.4. The van der Waals surface area contributed by atoms with Crippen molar-refractivity contribution >= 4 is 5.97 Å². The first kappa shape index (κ1) is 20.7. The number of epoxide rings is 1. The molecular formula is C21H34O3. The van der Waals surface area contributed by atoms with Crippen molar-refractivity contribution in [2.45, 2.75) is 83.3 Å². The van der Waals surface area contributed by atoms with Crippen molar-refractivity contribution in [3.8, 4) is 0 Å². The van der Waals surface area contributed by atoms with Crippen LogP contribution in [0.1, 0.15) is 71.1 Å². The van der Waals surface area contributed by atoms with Crippen LogP contribution in [-0.2, 0) is 14.3 Å². The van der Waals surface area contributed by atoms with E-state index in [0.717, 1.165) is 32.1 Å². The average Bonchev–Trinajstić information content (AvgIpc) is 3.34. The van der Waals surface area contributed by atoms with Crippen molar-refractivity contribution in [3.63, 3.8) is 0 Å². The Morgan fingerprint density at radius 2 is 1.54 bits per heavy atom. The molecule has 1 saturated heterocycles. The standard InChI is InChI=1S/C21H34O3/c1-3-4-5-6-10-13-16-19-20(24-19)17-14-11-8-7-9-12-15-18-21(22)23-2/h7,9-11,13-14,19-20H,3-6,8,12,15-18H2,1-2H3/b9-7-,13-10-,14-11-/t19-,20-/m1/s1. The average molecular weight is 335 g/mol. The number of esters is 1. The fourth-order valence-corrected chi connectivity index (χ4v) is 2.54. The lowest BCUT2D eigenvalue weighted by molar-refractivity contribution is -0.140. The number of carbonyl (C=O) groups excluding carboxylic acids is 1. The molecule has 0 amide bonds. The number of carbonyl (C=O) groups is 1. The third kappa shape index (κ3) is 11.2. The number of unbranched alkanes of at least 4 members (excludes halogenated alkanes) is 4. The molecule has 0 N–H and O–H groups in total. The molecule has 136 valence electrons. The van der Waals surface area contributed by atoms with Gasteiger partial charge in [0.25, 0.3) is 0 Å². The highest BCUT2D eigenvalue weighted by atomic mass is 16.6. The van der Waals surface area contributed by atoms with E-state index < -0.39 is 0 Å². The summed E-state index contributed by atoms with van der Waals surface area (Å²) in [5.41, 5.74) is 0. The van der Waals surface area contributed by atoms with Crippen LogP contribution >= 0.6 is 0 Å². The number of hydrogen-bond donors (Lipinski definition) is 0. The summed E-state index contributed by atoms with van der Waals surface area (Å²) in [6.45, 7) is 2.24. The lowest BCUT2D eigenvalue weighted by Gasteiger charge is -1.95. The molecule has 24 heavy (non-hydrogen) atoms. The second-order valence-corrected chi connectivity index (χ2v) is 6.30. The van der Waals surface area contributed by atoms with Crippen LogP contribution in [0.4, 0.5) is 0 Å². The van der Waals surface area contributed by atoms with E-state index >= 15 is 0 Å². The normalized spacial score (nSPS) is 20.4. The van der Waals surface area contributed by atoms with E-state index in [1.54, 1.807) is 0 Å². The molecule has 0 aliphatic carbocycles. The van der Waals surface area contributed by atoms with E-state index in [2.05, 4.69) is 48.1 Å². The monoisotopic (exact) mass is 334 g/mol. The van der Waals surface area contributed by atoms with Crippen molar-refractivity contribution in [1.82, 2.24) is 0 Å². The Labute approximate surface area is 147 Å². The molecule has 0 aromatic rings. The molecule has 1 rings (SSSR count). The van der Waals surface area contributed by atoms with Crippen molar-refractivity contribution < 1.29 is 14.3 Å². The molecule has 1 aliphatic heterocycles. The molecule has 0 spiro atoms. The van der Waals surface area contributed by atoms with Gasteiger partial charge in [-0.25, -0.2) is 0 Å². The number of ether oxygens (including phenoxy) is 2. The number of allylic oxidation sites excluding steroid dienone is 4. The van der Waals surface area contributed by atoms with E-state index in [-0.39, 0.29) is 5.97 Å². The number of hydrogen-bond acceptors (Lipinski definition) is 3. The van der Waals surface area contributed by atoms with Crippen LogP contribution in [0.2, 0.25) is 0 Å². The Morgan fingerprint density at radius 3 is 2.25 bits per heavy atom. The van der Waals surface area contributed by atoms with E-state index in [1.165, 1.54) is 32.8 Å². The molecule has 0 saturated carbocycles. The smallest absolute Gasteiger partial charge is 0.305 e. The van der Waals surface area contributed by atoms with E-state index in [9.17, 15) is 4.79 Å². The summed E-state index contributed by atoms with van der Waals surface area (Å²) >= 11 is 0. The van der Waals surface area contributed by atoms with Crippen molar-refractivity contribution in [3.05, 3.63) is 36.5 Å². The van der Waals surface area contributed by atoms with Gasteiger partial charge in [-0.15, -0.1) is 0 Å². The van der Waals surface area contributed by atoms with Crippen molar-refractivity contribution in [2.75, 3.05) is 7.11 Å². The lowest BCUT2D eigenvalue weighted by atomic mass is 10.1. The topological polar surface area (TPSA) is 38.8 Å². The maximum atomic E-state index is 10.9. The zero-order valence-corrected chi connectivity index (χ0v) is 15.4. The first-order valence-corrected chi connectivity index (χ1v) is 9.45. The van der Waals surface area contributed by atoms with Crippen molar-refractivity contribution in [1.29, 1.82) is 0 Å². The highest BCUT2D eigenvalue weighted by Crippen LogP contribution is 2.29. The second kappa shape index (κ2) is 14.0. The Hall–Kier alpha value is -1.35. The van der Waals surface area contributed by atoms with Gasteiger partial charge in [-0.1, -0.05) is 56.2 Å². The highest BCUT2D eigenvalue weighted by molar-refractivity contribution is 5.69. The second-order valence-electron chi connectivity index (χ2n) is 6.30. The maximum Gasteiger partial charge on any atom is 0.305 e. The molecule has 0 aromatic carbocycles. The summed E-state index contributed by atoms with van der Waals surface area (Å²) in [6, 6.07) is 0. The fourth-order valence-electron chi connectivity index (χ4n) is 2.54. The molecule has 0 radical (unpaired) electrons. The predicted octanol–water partition coefficient (Wildman–Crippen LogP) is 5.52. The van der Waals surface area contributed by atoms with Crippen LogP contribution in [-0.4, -0.2) is 25.3 Å². The molecule has 1 aliphatic rings. The third-order valence-electron chi connectivity index (χ3n) is 4.15. The van der Waals surface area contributed by atoms with Gasteiger partial charge >= 0.3 is 5.97 Å². The summed E-state index contributed by atoms with van der Waals surface area (Å²) in [6.07, 6.45) is 24.6. The minimum absolute atomic E-state index is 0.127. The largest absolute Gasteiger partial charge is 0.469 e. The van der Waals surface area contributed by atoms with Gasteiger partial charge in [-0.05, 0) is 44.9 Å². The summed E-state index contributed by atoms with van der Waals surface area (Å²) in [5, 5.41) is 0. The van der Waals surface area contributed by atoms with Gasteiger partial charge in [-0.3, -0.25) is 4.79 Å². The van der Waals surface area contributed by atoms with Gasteiger partial charge in [-0.2, -0.15) is 0 Å². The van der Waals surface area contributed by atoms with Gasteiger partial charge in [0.05, 0.1) is 19.3 Å². The van der Waals surface area contributed by atoms with Gasteiger partial charge in [0.2, 0.25) is 0 Å². The molecule has 3 heteroatoms. The maximum absolute atomic E-state index is 10.9. The molecule has 0 bridgehead atoms. The van der Waals surface area contributed by atoms with Crippen LogP contribution < -0.4 is 0 Å². The fraction of sp³-hybridized carbons (Fsp3) is 0.667. The van der Waals surface area contributed by atoms with E-state index in [4.69, 9.17) is 4.74 Å². The number of methoxy groups -OCH3 is 1. The molecule has 0 unspecified atom stereocenters. The van der Waals surface area contributed by atoms with Gasteiger partial charge in [0, 0.05) is 6.42 Å². The van der Waals surface area contributed by atoms with Crippen LogP contribution in [0.15, 0.2) is 36.5 Å². The summed E-state index contributed by atoms with van der Waals surface area (Å²) in [4.78, 5) is 10.9. The highest BCUT2D eigenvalue weighted by Gasteiger charge is 2.35. The van der Waals surface area contributed by atoms with Gasteiger partial charge in [0.15, 0.2) is 0 Å². The summed E-state index contributed by atoms with van der Waals surface area (Å²) in [7, 11) is 1.43. The Morgan fingerprint density at radius 1 is 0.917 bits per heavy atom. The predicted molar refractivity (Wildman–Crippen MR) is 99.9 cm³/mol.